The molecular formula is C18H21NO. The number of amides is 1. The summed E-state index contributed by atoms with van der Waals surface area (Å²) in [6.07, 6.45) is 8.07. The van der Waals surface area contributed by atoms with Gasteiger partial charge in [0.1, 0.15) is 0 Å². The van der Waals surface area contributed by atoms with E-state index in [-0.39, 0.29) is 11.3 Å². The van der Waals surface area contributed by atoms with Gasteiger partial charge in [-0.25, -0.2) is 0 Å². The fourth-order valence-corrected chi connectivity index (χ4v) is 4.80. The van der Waals surface area contributed by atoms with Gasteiger partial charge in [-0.15, -0.1) is 0 Å². The van der Waals surface area contributed by atoms with Gasteiger partial charge < -0.3 is 4.90 Å². The molecule has 1 heterocycles. The Morgan fingerprint density at radius 2 is 2.05 bits per heavy atom. The molecule has 0 spiro atoms. The molecule has 20 heavy (non-hydrogen) atoms. The van der Waals surface area contributed by atoms with E-state index in [1.807, 2.05) is 6.07 Å². The summed E-state index contributed by atoms with van der Waals surface area (Å²) < 4.78 is 0. The standard InChI is InChI=1S/C18H21NO/c1-18-14-8-5-9-16(18)19(17(20)15(18)11-10-14)12-13-6-3-2-4-7-13/h2-7,9,14-16H,8,10-12H2,1H3/t14-,15-,16-,18-/m1/s1. The predicted molar refractivity (Wildman–Crippen MR) is 78.9 cm³/mol. The lowest BCUT2D eigenvalue weighted by Gasteiger charge is -2.40. The summed E-state index contributed by atoms with van der Waals surface area (Å²) in [5.74, 6) is 1.34. The third-order valence-corrected chi connectivity index (χ3v) is 5.92. The average Bonchev–Trinajstić information content (AvgIpc) is 2.91. The first-order chi connectivity index (χ1) is 9.71. The second-order valence-electron chi connectivity index (χ2n) is 6.75. The molecule has 2 aliphatic carbocycles. The van der Waals surface area contributed by atoms with Crippen LogP contribution in [0.3, 0.4) is 0 Å². The van der Waals surface area contributed by atoms with Crippen molar-refractivity contribution in [1.29, 1.82) is 0 Å². The zero-order chi connectivity index (χ0) is 13.7. The Hall–Kier alpha value is -1.57. The van der Waals surface area contributed by atoms with Crippen molar-refractivity contribution in [3.05, 3.63) is 48.0 Å². The number of hydrogen-bond acceptors (Lipinski definition) is 1. The SMILES string of the molecule is C[C@]12[C@@H]3CC=C[C@H]1N(Cc1ccccc1)C(=O)[C@H]2CC3. The van der Waals surface area contributed by atoms with Gasteiger partial charge in [0.25, 0.3) is 0 Å². The molecule has 4 atom stereocenters. The van der Waals surface area contributed by atoms with Crippen molar-refractivity contribution in [3.63, 3.8) is 0 Å². The maximum Gasteiger partial charge on any atom is 0.227 e. The fourth-order valence-electron chi connectivity index (χ4n) is 4.80. The molecule has 1 saturated heterocycles. The van der Waals surface area contributed by atoms with E-state index >= 15 is 0 Å². The zero-order valence-corrected chi connectivity index (χ0v) is 12.0. The van der Waals surface area contributed by atoms with Crippen molar-refractivity contribution in [2.24, 2.45) is 17.3 Å². The molecule has 0 bridgehead atoms. The van der Waals surface area contributed by atoms with E-state index in [0.717, 1.165) is 19.4 Å². The van der Waals surface area contributed by atoms with Crippen LogP contribution in [0.15, 0.2) is 42.5 Å². The van der Waals surface area contributed by atoms with E-state index in [0.29, 0.717) is 17.9 Å². The lowest BCUT2D eigenvalue weighted by Crippen LogP contribution is -2.42. The Labute approximate surface area is 120 Å². The van der Waals surface area contributed by atoms with Crippen LogP contribution in [0.4, 0.5) is 0 Å². The van der Waals surface area contributed by atoms with Crippen LogP contribution < -0.4 is 0 Å². The minimum absolute atomic E-state index is 0.181. The topological polar surface area (TPSA) is 20.3 Å². The lowest BCUT2D eigenvalue weighted by atomic mass is 9.67. The molecule has 2 heteroatoms. The molecule has 0 radical (unpaired) electrons. The fraction of sp³-hybridized carbons (Fsp3) is 0.500. The summed E-state index contributed by atoms with van der Waals surface area (Å²) >= 11 is 0. The van der Waals surface area contributed by atoms with E-state index in [1.54, 1.807) is 0 Å². The molecule has 4 rings (SSSR count). The monoisotopic (exact) mass is 267 g/mol. The van der Waals surface area contributed by atoms with Crippen molar-refractivity contribution in [3.8, 4) is 0 Å². The highest BCUT2D eigenvalue weighted by Gasteiger charge is 2.62. The number of carbonyl (C=O) groups excluding carboxylic acids is 1. The van der Waals surface area contributed by atoms with Crippen LogP contribution in [0.1, 0.15) is 31.7 Å². The quantitative estimate of drug-likeness (QED) is 0.752. The van der Waals surface area contributed by atoms with Crippen molar-refractivity contribution in [2.75, 3.05) is 0 Å². The first kappa shape index (κ1) is 12.2. The van der Waals surface area contributed by atoms with Crippen molar-refractivity contribution >= 4 is 5.91 Å². The molecule has 1 amide bonds. The lowest BCUT2D eigenvalue weighted by molar-refractivity contribution is -0.132. The third-order valence-electron chi connectivity index (χ3n) is 5.92. The number of hydrogen-bond donors (Lipinski definition) is 0. The van der Waals surface area contributed by atoms with Crippen LogP contribution >= 0.6 is 0 Å². The van der Waals surface area contributed by atoms with Crippen LogP contribution in [0.2, 0.25) is 0 Å². The molecule has 1 aromatic rings. The highest BCUT2D eigenvalue weighted by Crippen LogP contribution is 2.59. The van der Waals surface area contributed by atoms with E-state index < -0.39 is 0 Å². The number of likely N-dealkylation sites (tertiary alicyclic amines) is 1. The smallest absolute Gasteiger partial charge is 0.227 e. The van der Waals surface area contributed by atoms with Crippen molar-refractivity contribution in [1.82, 2.24) is 4.90 Å². The Morgan fingerprint density at radius 1 is 1.25 bits per heavy atom. The van der Waals surface area contributed by atoms with Gasteiger partial charge in [0.2, 0.25) is 5.91 Å². The molecule has 2 nitrogen and oxygen atoms in total. The summed E-state index contributed by atoms with van der Waals surface area (Å²) in [6.45, 7) is 3.11. The molecule has 1 aromatic carbocycles. The summed E-state index contributed by atoms with van der Waals surface area (Å²) in [5.41, 5.74) is 1.42. The molecule has 1 saturated carbocycles. The van der Waals surface area contributed by atoms with Crippen LogP contribution in [-0.2, 0) is 11.3 Å². The van der Waals surface area contributed by atoms with Gasteiger partial charge >= 0.3 is 0 Å². The maximum absolute atomic E-state index is 12.8. The van der Waals surface area contributed by atoms with Crippen LogP contribution in [-0.4, -0.2) is 16.8 Å². The van der Waals surface area contributed by atoms with Gasteiger partial charge in [-0.3, -0.25) is 4.79 Å². The number of allylic oxidation sites excluding steroid dienone is 1. The number of benzene rings is 1. The second kappa shape index (κ2) is 4.21. The third kappa shape index (κ3) is 1.48. The van der Waals surface area contributed by atoms with E-state index in [1.165, 1.54) is 12.0 Å². The molecule has 0 unspecified atom stereocenters. The van der Waals surface area contributed by atoms with Gasteiger partial charge in [0, 0.05) is 17.9 Å². The molecule has 3 aliphatic rings. The number of nitrogens with zero attached hydrogens (tertiary/aromatic N) is 1. The molecule has 0 N–H and O–H groups in total. The number of rotatable bonds is 2. The molecule has 1 aliphatic heterocycles. The normalized spacial score (nSPS) is 38.4. The van der Waals surface area contributed by atoms with Crippen LogP contribution in [0.25, 0.3) is 0 Å². The van der Waals surface area contributed by atoms with Crippen molar-refractivity contribution in [2.45, 2.75) is 38.8 Å². The second-order valence-corrected chi connectivity index (χ2v) is 6.75. The summed E-state index contributed by atoms with van der Waals surface area (Å²) in [5, 5.41) is 0. The molecule has 104 valence electrons. The zero-order valence-electron chi connectivity index (χ0n) is 12.0. The molecule has 0 aromatic heterocycles. The van der Waals surface area contributed by atoms with Crippen LogP contribution in [0.5, 0.6) is 0 Å². The van der Waals surface area contributed by atoms with E-state index in [4.69, 9.17) is 0 Å². The van der Waals surface area contributed by atoms with Gasteiger partial charge in [-0.05, 0) is 30.7 Å². The summed E-state index contributed by atoms with van der Waals surface area (Å²) in [6, 6.07) is 10.7. The van der Waals surface area contributed by atoms with Gasteiger partial charge in [0.05, 0.1) is 6.04 Å². The number of carbonyl (C=O) groups is 1. The Morgan fingerprint density at radius 3 is 2.85 bits per heavy atom. The Kier molecular flexibility index (Phi) is 2.57. The van der Waals surface area contributed by atoms with E-state index in [2.05, 4.69) is 48.2 Å². The minimum Gasteiger partial charge on any atom is -0.331 e. The van der Waals surface area contributed by atoms with Gasteiger partial charge in [0.15, 0.2) is 0 Å². The van der Waals surface area contributed by atoms with Gasteiger partial charge in [-0.2, -0.15) is 0 Å². The van der Waals surface area contributed by atoms with Crippen molar-refractivity contribution < 1.29 is 4.79 Å². The average molecular weight is 267 g/mol. The summed E-state index contributed by atoms with van der Waals surface area (Å²) in [4.78, 5) is 15.0. The predicted octanol–water partition coefficient (Wildman–Crippen LogP) is 3.39. The maximum atomic E-state index is 12.8. The highest BCUT2D eigenvalue weighted by molar-refractivity contribution is 5.84. The highest BCUT2D eigenvalue weighted by atomic mass is 16.2. The largest absolute Gasteiger partial charge is 0.331 e. The summed E-state index contributed by atoms with van der Waals surface area (Å²) in [7, 11) is 0. The minimum atomic E-state index is 0.181. The van der Waals surface area contributed by atoms with Crippen LogP contribution in [0, 0.1) is 17.3 Å². The Bertz CT molecular complexity index is 564. The first-order valence-electron chi connectivity index (χ1n) is 7.72. The first-order valence-corrected chi connectivity index (χ1v) is 7.72. The van der Waals surface area contributed by atoms with Gasteiger partial charge in [-0.1, -0.05) is 49.4 Å². The Balaban J connectivity index is 1.70. The molecular weight excluding hydrogens is 246 g/mol. The van der Waals surface area contributed by atoms with E-state index in [9.17, 15) is 4.79 Å². The molecule has 2 fully saturated rings.